The molecule has 16 aromatic carbocycles. The van der Waals surface area contributed by atoms with Crippen LogP contribution in [0, 0.1) is 0 Å². The molecule has 12 heterocycles. The van der Waals surface area contributed by atoms with E-state index in [1.54, 1.807) is 0 Å². The van der Waals surface area contributed by atoms with Gasteiger partial charge in [-0.1, -0.05) is 267 Å². The molecular weight excluding hydrogens is 1530 g/mol. The van der Waals surface area contributed by atoms with E-state index in [1.807, 2.05) is 139 Å². The molecule has 0 fully saturated rings. The van der Waals surface area contributed by atoms with Gasteiger partial charge in [0, 0.05) is 107 Å². The number of aromatic nitrogens is 10. The van der Waals surface area contributed by atoms with Gasteiger partial charge in [-0.25, -0.2) is 29.9 Å². The van der Waals surface area contributed by atoms with Gasteiger partial charge in [-0.3, -0.25) is 13.7 Å². The normalized spacial score (nSPS) is 12.1. The van der Waals surface area contributed by atoms with E-state index in [4.69, 9.17) is 47.6 Å². The van der Waals surface area contributed by atoms with Crippen LogP contribution in [0.2, 0.25) is 0 Å². The fraction of sp³-hybridized carbons (Fsp3) is 0. The smallest absolute Gasteiger partial charge is 0.236 e. The molecule has 123 heavy (non-hydrogen) atoms. The van der Waals surface area contributed by atoms with E-state index in [2.05, 4.69) is 267 Å². The van der Waals surface area contributed by atoms with Gasteiger partial charge in [0.15, 0.2) is 16.7 Å². The molecule has 0 unspecified atom stereocenters. The molecule has 0 aliphatic heterocycles. The first-order chi connectivity index (χ1) is 61.0. The van der Waals surface area contributed by atoms with Gasteiger partial charge in [0.2, 0.25) is 17.8 Å². The lowest BCUT2D eigenvalue weighted by Crippen LogP contribution is -2.03. The third-order valence-electron chi connectivity index (χ3n) is 24.2. The van der Waals surface area contributed by atoms with Crippen LogP contribution in [0.4, 0.5) is 0 Å². The summed E-state index contributed by atoms with van der Waals surface area (Å²) in [6, 6.07) is 130. The molecule has 0 saturated carbocycles. The van der Waals surface area contributed by atoms with Crippen LogP contribution in [-0.4, -0.2) is 48.2 Å². The van der Waals surface area contributed by atoms with E-state index in [1.165, 1.54) is 58.1 Å². The predicted octanol–water partition coefficient (Wildman–Crippen LogP) is 28.8. The molecule has 0 N–H and O–H groups in total. The van der Waals surface area contributed by atoms with Crippen molar-refractivity contribution in [3.63, 3.8) is 0 Å². The van der Waals surface area contributed by atoms with E-state index in [-0.39, 0.29) is 0 Å². The lowest BCUT2D eigenvalue weighted by atomic mass is 10.1. The molecular formula is C108H62N10O4S. The molecule has 0 amide bonds. The Labute approximate surface area is 701 Å². The second kappa shape index (κ2) is 27.0. The van der Waals surface area contributed by atoms with Crippen LogP contribution in [-0.2, 0) is 0 Å². The number of benzene rings is 16. The van der Waals surface area contributed by atoms with Crippen molar-refractivity contribution in [2.75, 3.05) is 0 Å². The van der Waals surface area contributed by atoms with E-state index >= 15 is 0 Å². The number of rotatable bonds is 7. The van der Waals surface area contributed by atoms with E-state index in [9.17, 15) is 0 Å². The molecule has 0 spiro atoms. The number of hydrogen-bond donors (Lipinski definition) is 0. The fourth-order valence-corrected chi connectivity index (χ4v) is 20.1. The molecule has 0 radical (unpaired) electrons. The Morgan fingerprint density at radius 2 is 0.528 bits per heavy atom. The van der Waals surface area contributed by atoms with Crippen LogP contribution in [0.3, 0.4) is 0 Å². The Morgan fingerprint density at radius 1 is 0.203 bits per heavy atom. The molecule has 14 nitrogen and oxygen atoms in total. The summed E-state index contributed by atoms with van der Waals surface area (Å²) in [5, 5.41) is 17.1. The standard InChI is InChI=1S/C40H24N4O.C34H19N3O2.C34H19N3OS/c1-3-13-25(14-4-1)36-39-37(30-19-9-12-22-34(30)45-39)42-40(41-36)44-32-21-11-8-18-29(32)35-33(44)24-23-28-27-17-7-10-20-31(27)43(38(28)35)26-15-5-2-6-16-26;1-2-10-20(11-3-1)30-33-31(24-14-6-9-17-28(24)39-33)36-34(35-30)37-25-15-7-4-13-23(25)29-26(37)19-18-22-21-12-5-8-16-27(21)38-32(22)29;1-2-10-20(11-3-1)30-32-31(24-14-5-8-16-27(24)38-32)36-34(35-30)37-25-15-7-4-13-23(25)29-26(37)19-18-22-21-12-6-9-17-28(21)39-33(22)29/h1-24H;2*1-19H. The van der Waals surface area contributed by atoms with Gasteiger partial charge >= 0.3 is 0 Å². The summed E-state index contributed by atoms with van der Waals surface area (Å²) in [4.78, 5) is 31.2. The molecule has 0 bridgehead atoms. The van der Waals surface area contributed by atoms with Crippen molar-refractivity contribution in [1.29, 1.82) is 0 Å². The average molecular weight is 1600 g/mol. The zero-order valence-electron chi connectivity index (χ0n) is 65.3. The van der Waals surface area contributed by atoms with E-state index in [0.29, 0.717) is 34.6 Å². The highest BCUT2D eigenvalue weighted by Gasteiger charge is 2.29. The minimum absolute atomic E-state index is 0.592. The fourth-order valence-electron chi connectivity index (χ4n) is 18.9. The molecule has 0 aliphatic rings. The van der Waals surface area contributed by atoms with Crippen molar-refractivity contribution in [3.05, 3.63) is 376 Å². The number of nitrogens with zero attached hydrogens (tertiary/aromatic N) is 10. The van der Waals surface area contributed by atoms with E-state index in [0.717, 1.165) is 160 Å². The summed E-state index contributed by atoms with van der Waals surface area (Å²) >= 11 is 1.85. The lowest BCUT2D eigenvalue weighted by molar-refractivity contribution is 0.666. The Balaban J connectivity index is 0.0000000993. The highest BCUT2D eigenvalue weighted by atomic mass is 32.1. The predicted molar refractivity (Wildman–Crippen MR) is 502 cm³/mol. The first-order valence-corrected chi connectivity index (χ1v) is 41.8. The Bertz CT molecular complexity index is 8890. The second-order valence-electron chi connectivity index (χ2n) is 31.0. The first-order valence-electron chi connectivity index (χ1n) is 41.0. The molecule has 28 rings (SSSR count). The van der Waals surface area contributed by atoms with Crippen LogP contribution >= 0.6 is 11.3 Å². The highest BCUT2D eigenvalue weighted by Crippen LogP contribution is 2.48. The third-order valence-corrected chi connectivity index (χ3v) is 25.4. The van der Waals surface area contributed by atoms with Gasteiger partial charge in [0.25, 0.3) is 0 Å². The van der Waals surface area contributed by atoms with Crippen LogP contribution < -0.4 is 0 Å². The number of fused-ring (bicyclic) bond motifs is 30. The Morgan fingerprint density at radius 3 is 1.00 bits per heavy atom. The number of furan rings is 4. The van der Waals surface area contributed by atoms with Crippen molar-refractivity contribution >= 4 is 207 Å². The van der Waals surface area contributed by atoms with Crippen LogP contribution in [0.1, 0.15) is 0 Å². The summed E-state index contributed by atoms with van der Waals surface area (Å²) in [6.45, 7) is 0. The Kier molecular flexibility index (Phi) is 15.0. The van der Waals surface area contributed by atoms with Crippen LogP contribution in [0.25, 0.3) is 253 Å². The molecule has 12 aromatic heterocycles. The molecule has 0 atom stereocenters. The van der Waals surface area contributed by atoms with Crippen LogP contribution in [0.5, 0.6) is 0 Å². The SMILES string of the molecule is c1ccc(-c2nc(-n3c4ccccc4c4c3ccc3c5ccccc5n(-c5ccccc5)c34)nc3c2oc2ccccc23)cc1.c1ccc(-c2nc(-n3c4ccccc4c4c5oc6ccccc6c5ccc43)nc3c2oc2ccccc23)cc1.c1ccc(-c2nc(-n3c4ccccc4c4c5sc6ccccc6c5ccc43)nc3c2oc2ccccc23)cc1. The zero-order chi connectivity index (χ0) is 80.5. The van der Waals surface area contributed by atoms with Crippen molar-refractivity contribution < 1.29 is 17.7 Å². The van der Waals surface area contributed by atoms with Crippen LogP contribution in [0.15, 0.2) is 394 Å². The summed E-state index contributed by atoms with van der Waals surface area (Å²) in [7, 11) is 0. The number of para-hydroxylation sites is 9. The molecule has 574 valence electrons. The molecule has 28 aromatic rings. The second-order valence-corrected chi connectivity index (χ2v) is 32.1. The summed E-state index contributed by atoms with van der Waals surface area (Å²) < 4.78 is 37.1. The zero-order valence-corrected chi connectivity index (χ0v) is 66.1. The maximum Gasteiger partial charge on any atom is 0.236 e. The number of hydrogen-bond acceptors (Lipinski definition) is 11. The average Bonchev–Trinajstić information content (AvgIpc) is 1.55. The quantitative estimate of drug-likeness (QED) is 0.151. The van der Waals surface area contributed by atoms with Gasteiger partial charge < -0.3 is 22.2 Å². The lowest BCUT2D eigenvalue weighted by Gasteiger charge is -2.10. The van der Waals surface area contributed by atoms with Gasteiger partial charge in [-0.05, 0) is 109 Å². The van der Waals surface area contributed by atoms with Crippen molar-refractivity contribution in [2.45, 2.75) is 0 Å². The summed E-state index contributed by atoms with van der Waals surface area (Å²) in [5.41, 5.74) is 23.7. The number of thiophene rings is 1. The maximum atomic E-state index is 6.46. The first kappa shape index (κ1) is 68.4. The minimum atomic E-state index is 0.592. The molecule has 15 heteroatoms. The summed E-state index contributed by atoms with van der Waals surface area (Å²) in [5.74, 6) is 1.84. The Hall–Kier alpha value is -16.6. The minimum Gasteiger partial charge on any atom is -0.455 e. The summed E-state index contributed by atoms with van der Waals surface area (Å²) in [6.07, 6.45) is 0. The van der Waals surface area contributed by atoms with Gasteiger partial charge in [-0.15, -0.1) is 11.3 Å². The van der Waals surface area contributed by atoms with E-state index < -0.39 is 0 Å². The van der Waals surface area contributed by atoms with Crippen molar-refractivity contribution in [3.8, 4) is 57.3 Å². The van der Waals surface area contributed by atoms with Gasteiger partial charge in [-0.2, -0.15) is 0 Å². The topological polar surface area (TPSA) is 150 Å². The van der Waals surface area contributed by atoms with Gasteiger partial charge in [0.05, 0.1) is 49.5 Å². The van der Waals surface area contributed by atoms with Gasteiger partial charge in [0.1, 0.15) is 61.5 Å². The third kappa shape index (κ3) is 10.4. The van der Waals surface area contributed by atoms with Crippen molar-refractivity contribution in [1.82, 2.24) is 48.2 Å². The molecule has 0 aliphatic carbocycles. The monoisotopic (exact) mass is 1590 g/mol. The maximum absolute atomic E-state index is 6.46. The largest absolute Gasteiger partial charge is 0.455 e. The molecule has 0 saturated heterocycles. The highest BCUT2D eigenvalue weighted by molar-refractivity contribution is 7.26. The van der Waals surface area contributed by atoms with Crippen molar-refractivity contribution in [2.24, 2.45) is 0 Å².